The number of rotatable bonds is 5. The van der Waals surface area contributed by atoms with Gasteiger partial charge in [0.25, 0.3) is 5.91 Å². The van der Waals surface area contributed by atoms with E-state index < -0.39 is 0 Å². The number of methoxy groups -OCH3 is 1. The molecule has 20 heavy (non-hydrogen) atoms. The minimum Gasteiger partial charge on any atom is -0.494 e. The van der Waals surface area contributed by atoms with Crippen LogP contribution in [0.1, 0.15) is 16.2 Å². The first-order chi connectivity index (χ1) is 9.61. The minimum atomic E-state index is -0.247. The predicted molar refractivity (Wildman–Crippen MR) is 77.6 cm³/mol. The zero-order valence-electron chi connectivity index (χ0n) is 10.7. The second-order valence-corrected chi connectivity index (χ2v) is 4.83. The van der Waals surface area contributed by atoms with Gasteiger partial charge in [-0.15, -0.1) is 0 Å². The molecule has 0 radical (unpaired) electrons. The number of hydrogen-bond acceptors (Lipinski definition) is 3. The molecule has 1 amide bonds. The molecule has 0 fully saturated rings. The van der Waals surface area contributed by atoms with Gasteiger partial charge in [-0.1, -0.05) is 23.2 Å². The number of carbonyl (C=O) groups is 1. The second kappa shape index (κ2) is 6.63. The van der Waals surface area contributed by atoms with E-state index in [9.17, 15) is 4.79 Å². The third-order valence-corrected chi connectivity index (χ3v) is 3.23. The summed E-state index contributed by atoms with van der Waals surface area (Å²) in [5, 5.41) is 3.38. The SMILES string of the molecule is COc1c(Cl)cc(C(=O)NCCc2ncc[nH]2)cc1Cl. The summed E-state index contributed by atoms with van der Waals surface area (Å²) < 4.78 is 5.03. The Labute approximate surface area is 126 Å². The quantitative estimate of drug-likeness (QED) is 0.891. The van der Waals surface area contributed by atoms with Crippen molar-refractivity contribution < 1.29 is 9.53 Å². The number of imidazole rings is 1. The van der Waals surface area contributed by atoms with Crippen LogP contribution in [-0.2, 0) is 6.42 Å². The number of H-pyrrole nitrogens is 1. The van der Waals surface area contributed by atoms with Crippen molar-refractivity contribution in [3.63, 3.8) is 0 Å². The summed E-state index contributed by atoms with van der Waals surface area (Å²) in [4.78, 5) is 19.0. The molecule has 0 atom stereocenters. The largest absolute Gasteiger partial charge is 0.494 e. The van der Waals surface area contributed by atoms with Gasteiger partial charge < -0.3 is 15.0 Å². The van der Waals surface area contributed by atoms with Crippen molar-refractivity contribution >= 4 is 29.1 Å². The minimum absolute atomic E-state index is 0.247. The molecule has 2 aromatic rings. The van der Waals surface area contributed by atoms with Crippen LogP contribution < -0.4 is 10.1 Å². The molecule has 0 aliphatic heterocycles. The Kier molecular flexibility index (Phi) is 4.87. The van der Waals surface area contributed by atoms with Crippen LogP contribution in [0.25, 0.3) is 0 Å². The van der Waals surface area contributed by atoms with Crippen molar-refractivity contribution in [3.8, 4) is 5.75 Å². The van der Waals surface area contributed by atoms with Crippen LogP contribution in [0, 0.1) is 0 Å². The summed E-state index contributed by atoms with van der Waals surface area (Å²) in [7, 11) is 1.47. The number of nitrogens with one attached hydrogen (secondary N) is 2. The monoisotopic (exact) mass is 313 g/mol. The highest BCUT2D eigenvalue weighted by Crippen LogP contribution is 2.33. The molecular weight excluding hydrogens is 301 g/mol. The van der Waals surface area contributed by atoms with Gasteiger partial charge in [-0.3, -0.25) is 4.79 Å². The molecule has 0 bridgehead atoms. The number of nitrogens with zero attached hydrogens (tertiary/aromatic N) is 1. The van der Waals surface area contributed by atoms with Crippen molar-refractivity contribution in [1.82, 2.24) is 15.3 Å². The zero-order valence-corrected chi connectivity index (χ0v) is 12.3. The molecule has 1 heterocycles. The lowest BCUT2D eigenvalue weighted by Crippen LogP contribution is -2.26. The second-order valence-electron chi connectivity index (χ2n) is 4.01. The number of amides is 1. The maximum atomic E-state index is 12.0. The van der Waals surface area contributed by atoms with E-state index in [1.807, 2.05) is 0 Å². The van der Waals surface area contributed by atoms with E-state index in [0.717, 1.165) is 5.82 Å². The van der Waals surface area contributed by atoms with E-state index in [-0.39, 0.29) is 5.91 Å². The number of ether oxygens (including phenoxy) is 1. The summed E-state index contributed by atoms with van der Waals surface area (Å²) in [5.74, 6) is 0.930. The highest BCUT2D eigenvalue weighted by Gasteiger charge is 2.13. The third-order valence-electron chi connectivity index (χ3n) is 2.67. The Morgan fingerprint density at radius 3 is 2.65 bits per heavy atom. The van der Waals surface area contributed by atoms with E-state index in [0.29, 0.717) is 34.3 Å². The van der Waals surface area contributed by atoms with Crippen molar-refractivity contribution in [2.24, 2.45) is 0 Å². The van der Waals surface area contributed by atoms with Crippen LogP contribution in [-0.4, -0.2) is 29.5 Å². The van der Waals surface area contributed by atoms with Crippen LogP contribution in [0.3, 0.4) is 0 Å². The normalized spacial score (nSPS) is 10.3. The average Bonchev–Trinajstić information content (AvgIpc) is 2.91. The van der Waals surface area contributed by atoms with Crippen LogP contribution in [0.15, 0.2) is 24.5 Å². The number of carbonyl (C=O) groups excluding carboxylic acids is 1. The Morgan fingerprint density at radius 2 is 2.10 bits per heavy atom. The molecule has 0 aliphatic carbocycles. The van der Waals surface area contributed by atoms with Crippen LogP contribution in [0.5, 0.6) is 5.75 Å². The molecule has 0 unspecified atom stereocenters. The van der Waals surface area contributed by atoms with Crippen LogP contribution in [0.2, 0.25) is 10.0 Å². The van der Waals surface area contributed by atoms with Gasteiger partial charge in [0.1, 0.15) is 5.82 Å². The number of hydrogen-bond donors (Lipinski definition) is 2. The number of aromatic nitrogens is 2. The van der Waals surface area contributed by atoms with E-state index >= 15 is 0 Å². The fourth-order valence-corrected chi connectivity index (χ4v) is 2.36. The van der Waals surface area contributed by atoms with Gasteiger partial charge in [0, 0.05) is 30.9 Å². The molecule has 1 aromatic heterocycles. The van der Waals surface area contributed by atoms with Gasteiger partial charge in [0.2, 0.25) is 0 Å². The highest BCUT2D eigenvalue weighted by atomic mass is 35.5. The standard InChI is InChI=1S/C13H13Cl2N3O2/c1-20-12-9(14)6-8(7-10(12)15)13(19)18-3-2-11-16-4-5-17-11/h4-7H,2-3H2,1H3,(H,16,17)(H,18,19). The van der Waals surface area contributed by atoms with E-state index in [1.54, 1.807) is 12.4 Å². The topological polar surface area (TPSA) is 67.0 Å². The maximum absolute atomic E-state index is 12.0. The van der Waals surface area contributed by atoms with Gasteiger partial charge in [-0.25, -0.2) is 4.98 Å². The van der Waals surface area contributed by atoms with Crippen LogP contribution in [0.4, 0.5) is 0 Å². The Hall–Kier alpha value is -1.72. The Balaban J connectivity index is 1.99. The van der Waals surface area contributed by atoms with E-state index in [2.05, 4.69) is 15.3 Å². The first-order valence-corrected chi connectivity index (χ1v) is 6.67. The van der Waals surface area contributed by atoms with Crippen LogP contribution >= 0.6 is 23.2 Å². The fraction of sp³-hybridized carbons (Fsp3) is 0.231. The van der Waals surface area contributed by atoms with Gasteiger partial charge in [0.05, 0.1) is 17.2 Å². The molecule has 0 aliphatic rings. The van der Waals surface area contributed by atoms with Crippen molar-refractivity contribution in [1.29, 1.82) is 0 Å². The Bertz CT molecular complexity index is 577. The molecule has 106 valence electrons. The highest BCUT2D eigenvalue weighted by molar-refractivity contribution is 6.37. The number of halogens is 2. The Morgan fingerprint density at radius 1 is 1.40 bits per heavy atom. The van der Waals surface area contributed by atoms with Gasteiger partial charge in [-0.05, 0) is 12.1 Å². The molecule has 5 nitrogen and oxygen atoms in total. The average molecular weight is 314 g/mol. The summed E-state index contributed by atoms with van der Waals surface area (Å²) in [6, 6.07) is 3.04. The predicted octanol–water partition coefficient (Wildman–Crippen LogP) is 2.70. The molecule has 2 rings (SSSR count). The van der Waals surface area contributed by atoms with Crippen molar-refractivity contribution in [3.05, 3.63) is 46.0 Å². The maximum Gasteiger partial charge on any atom is 0.251 e. The summed E-state index contributed by atoms with van der Waals surface area (Å²) >= 11 is 12.0. The molecular formula is C13H13Cl2N3O2. The molecule has 0 spiro atoms. The van der Waals surface area contributed by atoms with Gasteiger partial charge in [-0.2, -0.15) is 0 Å². The molecule has 0 saturated carbocycles. The van der Waals surface area contributed by atoms with E-state index in [1.165, 1.54) is 19.2 Å². The molecule has 1 aromatic carbocycles. The van der Waals surface area contributed by atoms with E-state index in [4.69, 9.17) is 27.9 Å². The lowest BCUT2D eigenvalue weighted by atomic mass is 10.2. The molecule has 2 N–H and O–H groups in total. The number of aromatic amines is 1. The third kappa shape index (κ3) is 3.43. The first-order valence-electron chi connectivity index (χ1n) is 5.91. The van der Waals surface area contributed by atoms with Crippen molar-refractivity contribution in [2.75, 3.05) is 13.7 Å². The molecule has 0 saturated heterocycles. The summed E-state index contributed by atoms with van der Waals surface area (Å²) in [6.07, 6.45) is 4.02. The fourth-order valence-electron chi connectivity index (χ4n) is 1.72. The lowest BCUT2D eigenvalue weighted by molar-refractivity contribution is 0.0954. The number of benzene rings is 1. The van der Waals surface area contributed by atoms with Gasteiger partial charge >= 0.3 is 0 Å². The summed E-state index contributed by atoms with van der Waals surface area (Å²) in [5.41, 5.74) is 0.389. The first kappa shape index (κ1) is 14.7. The van der Waals surface area contributed by atoms with Gasteiger partial charge in [0.15, 0.2) is 5.75 Å². The lowest BCUT2D eigenvalue weighted by Gasteiger charge is -2.09. The smallest absolute Gasteiger partial charge is 0.251 e. The zero-order chi connectivity index (χ0) is 14.5. The summed E-state index contributed by atoms with van der Waals surface area (Å²) in [6.45, 7) is 0.466. The molecule has 7 heteroatoms. The van der Waals surface area contributed by atoms with Crippen molar-refractivity contribution in [2.45, 2.75) is 6.42 Å².